The van der Waals surface area contributed by atoms with E-state index in [1.807, 2.05) is 42.1 Å². The van der Waals surface area contributed by atoms with E-state index in [1.54, 1.807) is 0 Å². The van der Waals surface area contributed by atoms with E-state index < -0.39 is 5.92 Å². The zero-order valence-electron chi connectivity index (χ0n) is 11.9. The largest absolute Gasteiger partial charge is 0.409 e. The quantitative estimate of drug-likeness (QED) is 0.321. The van der Waals surface area contributed by atoms with Crippen molar-refractivity contribution >= 4 is 23.5 Å². The summed E-state index contributed by atoms with van der Waals surface area (Å²) in [5.41, 5.74) is 6.67. The van der Waals surface area contributed by atoms with Crippen molar-refractivity contribution in [3.63, 3.8) is 0 Å². The van der Waals surface area contributed by atoms with Crippen molar-refractivity contribution in [2.45, 2.75) is 12.8 Å². The number of hydrogen-bond acceptors (Lipinski definition) is 4. The van der Waals surface area contributed by atoms with Gasteiger partial charge >= 0.3 is 0 Å². The Morgan fingerprint density at radius 3 is 2.86 bits per heavy atom. The van der Waals surface area contributed by atoms with Crippen LogP contribution < -0.4 is 11.1 Å². The minimum absolute atomic E-state index is 0.0443. The minimum Gasteiger partial charge on any atom is -0.409 e. The summed E-state index contributed by atoms with van der Waals surface area (Å²) < 4.78 is 0. The van der Waals surface area contributed by atoms with Crippen molar-refractivity contribution in [3.05, 3.63) is 35.9 Å². The van der Waals surface area contributed by atoms with Gasteiger partial charge in [0.25, 0.3) is 0 Å². The van der Waals surface area contributed by atoms with Crippen LogP contribution in [0.3, 0.4) is 0 Å². The molecule has 21 heavy (non-hydrogen) atoms. The van der Waals surface area contributed by atoms with Crippen LogP contribution in [0.5, 0.6) is 0 Å². The van der Waals surface area contributed by atoms with Gasteiger partial charge < -0.3 is 16.3 Å². The lowest BCUT2D eigenvalue weighted by Crippen LogP contribution is -2.41. The zero-order chi connectivity index (χ0) is 15.1. The average molecular weight is 307 g/mol. The summed E-state index contributed by atoms with van der Waals surface area (Å²) in [7, 11) is 0. The van der Waals surface area contributed by atoms with Gasteiger partial charge in [0, 0.05) is 6.54 Å². The Labute approximate surface area is 129 Å². The van der Waals surface area contributed by atoms with Crippen LogP contribution in [0.1, 0.15) is 12.0 Å². The van der Waals surface area contributed by atoms with Gasteiger partial charge in [-0.25, -0.2) is 0 Å². The van der Waals surface area contributed by atoms with E-state index in [2.05, 4.69) is 10.5 Å². The predicted octanol–water partition coefficient (Wildman–Crippen LogP) is 1.46. The van der Waals surface area contributed by atoms with E-state index in [4.69, 9.17) is 10.9 Å². The predicted molar refractivity (Wildman–Crippen MR) is 85.5 cm³/mol. The Bertz CT molecular complexity index is 487. The summed E-state index contributed by atoms with van der Waals surface area (Å²) in [4.78, 5) is 12.3. The Morgan fingerprint density at radius 2 is 2.24 bits per heavy atom. The molecule has 0 aromatic heterocycles. The molecule has 6 heteroatoms. The topological polar surface area (TPSA) is 87.7 Å². The molecule has 0 spiro atoms. The van der Waals surface area contributed by atoms with Gasteiger partial charge in [-0.3, -0.25) is 4.79 Å². The van der Waals surface area contributed by atoms with Crippen LogP contribution in [-0.2, 0) is 11.2 Å². The second-order valence-electron chi connectivity index (χ2n) is 5.24. The number of carbonyl (C=O) groups is 1. The molecule has 5 nitrogen and oxygen atoms in total. The summed E-state index contributed by atoms with van der Waals surface area (Å²) in [6, 6.07) is 9.59. The van der Waals surface area contributed by atoms with Crippen molar-refractivity contribution in [1.29, 1.82) is 0 Å². The zero-order valence-corrected chi connectivity index (χ0v) is 12.7. The molecule has 1 aromatic carbocycles. The number of oxime groups is 1. The molecular weight excluding hydrogens is 286 g/mol. The summed E-state index contributed by atoms with van der Waals surface area (Å²) in [6.07, 6.45) is 1.57. The lowest BCUT2D eigenvalue weighted by atomic mass is 9.97. The number of amides is 1. The number of carbonyl (C=O) groups excluding carboxylic acids is 1. The van der Waals surface area contributed by atoms with E-state index in [0.717, 1.165) is 23.5 Å². The number of rotatable bonds is 6. The molecule has 0 saturated carbocycles. The molecule has 2 unspecified atom stereocenters. The van der Waals surface area contributed by atoms with Crippen molar-refractivity contribution in [2.75, 3.05) is 18.1 Å². The molecule has 0 radical (unpaired) electrons. The molecule has 1 saturated heterocycles. The fourth-order valence-electron chi connectivity index (χ4n) is 2.36. The second-order valence-corrected chi connectivity index (χ2v) is 6.39. The third-order valence-corrected chi connectivity index (χ3v) is 4.89. The van der Waals surface area contributed by atoms with Crippen LogP contribution in [0.2, 0.25) is 0 Å². The molecule has 4 N–H and O–H groups in total. The highest BCUT2D eigenvalue weighted by atomic mass is 32.2. The minimum atomic E-state index is -0.633. The van der Waals surface area contributed by atoms with Gasteiger partial charge in [-0.1, -0.05) is 35.5 Å². The first-order valence-electron chi connectivity index (χ1n) is 7.07. The van der Waals surface area contributed by atoms with Gasteiger partial charge in [0.15, 0.2) is 5.84 Å². The van der Waals surface area contributed by atoms with Crippen LogP contribution in [0.25, 0.3) is 0 Å². The molecule has 1 heterocycles. The van der Waals surface area contributed by atoms with Gasteiger partial charge in [-0.15, -0.1) is 0 Å². The van der Waals surface area contributed by atoms with Gasteiger partial charge in [-0.05, 0) is 35.8 Å². The number of hydrogen-bond donors (Lipinski definition) is 3. The molecular formula is C15H21N3O2S. The number of nitrogens with one attached hydrogen (secondary N) is 1. The van der Waals surface area contributed by atoms with Gasteiger partial charge in [0.2, 0.25) is 5.91 Å². The normalized spacial score (nSPS) is 20.2. The fraction of sp³-hybridized carbons (Fsp3) is 0.467. The lowest BCUT2D eigenvalue weighted by molar-refractivity contribution is -0.123. The van der Waals surface area contributed by atoms with Crippen LogP contribution in [0, 0.1) is 11.8 Å². The van der Waals surface area contributed by atoms with Crippen molar-refractivity contribution in [2.24, 2.45) is 22.7 Å². The Balaban J connectivity index is 1.96. The summed E-state index contributed by atoms with van der Waals surface area (Å²) >= 11 is 1.92. The Kier molecular flexibility index (Phi) is 5.92. The average Bonchev–Trinajstić information content (AvgIpc) is 3.04. The Morgan fingerprint density at radius 1 is 1.48 bits per heavy atom. The first kappa shape index (κ1) is 15.7. The van der Waals surface area contributed by atoms with E-state index in [1.165, 1.54) is 0 Å². The molecule has 1 fully saturated rings. The highest BCUT2D eigenvalue weighted by molar-refractivity contribution is 7.99. The molecule has 114 valence electrons. The molecule has 0 bridgehead atoms. The molecule has 1 aromatic rings. The Hall–Kier alpha value is -1.69. The van der Waals surface area contributed by atoms with Crippen molar-refractivity contribution in [3.8, 4) is 0 Å². The first-order chi connectivity index (χ1) is 10.2. The van der Waals surface area contributed by atoms with E-state index in [-0.39, 0.29) is 11.7 Å². The maximum Gasteiger partial charge on any atom is 0.231 e. The van der Waals surface area contributed by atoms with Gasteiger partial charge in [0.05, 0.1) is 0 Å². The van der Waals surface area contributed by atoms with E-state index >= 15 is 0 Å². The number of amidine groups is 1. The monoisotopic (exact) mass is 307 g/mol. The standard InChI is InChI=1S/C15H21N3O2S/c16-14(18-20)13(8-11-4-2-1-3-5-11)15(19)17-9-12-6-7-21-10-12/h1-5,12-13,20H,6-10H2,(H2,16,18)(H,17,19). The third kappa shape index (κ3) is 4.67. The summed E-state index contributed by atoms with van der Waals surface area (Å²) in [5.74, 6) is 1.93. The second kappa shape index (κ2) is 7.93. The number of thioether (sulfide) groups is 1. The molecule has 2 atom stereocenters. The SMILES string of the molecule is N/C(=N/O)C(Cc1ccccc1)C(=O)NCC1CCSC1. The van der Waals surface area contributed by atoms with Crippen LogP contribution in [0.15, 0.2) is 35.5 Å². The lowest BCUT2D eigenvalue weighted by Gasteiger charge is -2.17. The van der Waals surface area contributed by atoms with Crippen molar-refractivity contribution in [1.82, 2.24) is 5.32 Å². The molecule has 1 aliphatic heterocycles. The molecule has 0 aliphatic carbocycles. The van der Waals surface area contributed by atoms with Gasteiger partial charge in [0.1, 0.15) is 5.92 Å². The van der Waals surface area contributed by atoms with Gasteiger partial charge in [-0.2, -0.15) is 11.8 Å². The van der Waals surface area contributed by atoms with Crippen LogP contribution in [0.4, 0.5) is 0 Å². The van der Waals surface area contributed by atoms with Crippen LogP contribution >= 0.6 is 11.8 Å². The van der Waals surface area contributed by atoms with E-state index in [9.17, 15) is 4.79 Å². The van der Waals surface area contributed by atoms with Crippen molar-refractivity contribution < 1.29 is 10.0 Å². The molecule has 2 rings (SSSR count). The third-order valence-electron chi connectivity index (χ3n) is 3.66. The maximum absolute atomic E-state index is 12.3. The first-order valence-corrected chi connectivity index (χ1v) is 8.23. The molecule has 1 aliphatic rings. The van der Waals surface area contributed by atoms with E-state index in [0.29, 0.717) is 18.9 Å². The number of nitrogens with two attached hydrogens (primary N) is 1. The maximum atomic E-state index is 12.3. The highest BCUT2D eigenvalue weighted by Gasteiger charge is 2.25. The highest BCUT2D eigenvalue weighted by Crippen LogP contribution is 2.22. The molecule has 1 amide bonds. The summed E-state index contributed by atoms with van der Waals surface area (Å²) in [5, 5.41) is 14.8. The smallest absolute Gasteiger partial charge is 0.231 e. The number of nitrogens with zero attached hydrogens (tertiary/aromatic N) is 1. The summed E-state index contributed by atoms with van der Waals surface area (Å²) in [6.45, 7) is 0.663. The fourth-order valence-corrected chi connectivity index (χ4v) is 3.65. The number of benzene rings is 1. The van der Waals surface area contributed by atoms with Crippen LogP contribution in [-0.4, -0.2) is 35.0 Å².